The van der Waals surface area contributed by atoms with Gasteiger partial charge in [-0.15, -0.1) is 0 Å². The molecular weight excluding hydrogens is 220 g/mol. The molecule has 1 unspecified atom stereocenters. The van der Waals surface area contributed by atoms with Crippen molar-refractivity contribution >= 4 is 11.8 Å². The molecule has 0 bridgehead atoms. The molecule has 1 saturated heterocycles. The highest BCUT2D eigenvalue weighted by atomic mass is 16.5. The van der Waals surface area contributed by atoms with Crippen molar-refractivity contribution in [2.24, 2.45) is 0 Å². The third kappa shape index (κ3) is 2.74. The van der Waals surface area contributed by atoms with Gasteiger partial charge in [0.25, 0.3) is 0 Å². The van der Waals surface area contributed by atoms with Crippen molar-refractivity contribution in [3.63, 3.8) is 0 Å². The minimum atomic E-state index is -0.918. The second-order valence-corrected chi connectivity index (χ2v) is 4.29. The summed E-state index contributed by atoms with van der Waals surface area (Å²) in [7, 11) is 0. The van der Waals surface area contributed by atoms with Crippen LogP contribution in [0.5, 0.6) is 0 Å². The van der Waals surface area contributed by atoms with E-state index in [9.17, 15) is 4.79 Å². The van der Waals surface area contributed by atoms with Crippen molar-refractivity contribution in [3.05, 3.63) is 23.4 Å². The number of carbonyl (C=O) groups is 1. The van der Waals surface area contributed by atoms with Gasteiger partial charge in [-0.3, -0.25) is 0 Å². The molecule has 0 saturated carbocycles. The van der Waals surface area contributed by atoms with E-state index in [4.69, 9.17) is 9.84 Å². The molecule has 92 valence electrons. The Morgan fingerprint density at radius 3 is 3.00 bits per heavy atom. The molecule has 0 aromatic carbocycles. The third-order valence-electron chi connectivity index (χ3n) is 2.75. The van der Waals surface area contributed by atoms with E-state index < -0.39 is 5.97 Å². The number of pyridine rings is 1. The van der Waals surface area contributed by atoms with Crippen molar-refractivity contribution in [2.45, 2.75) is 20.0 Å². The standard InChI is InChI=1S/C12H16N2O3/c1-8-5-10(12(15)16)6-11(13-8)14-3-4-17-9(2)7-14/h5-6,9H,3-4,7H2,1-2H3,(H,15,16). The van der Waals surface area contributed by atoms with Crippen LogP contribution in [0.2, 0.25) is 0 Å². The molecule has 0 amide bonds. The number of anilines is 1. The number of hydrogen-bond acceptors (Lipinski definition) is 4. The van der Waals surface area contributed by atoms with Crippen LogP contribution in [0.15, 0.2) is 12.1 Å². The van der Waals surface area contributed by atoms with Gasteiger partial charge in [0.15, 0.2) is 0 Å². The second kappa shape index (κ2) is 4.71. The first-order valence-corrected chi connectivity index (χ1v) is 5.65. The quantitative estimate of drug-likeness (QED) is 0.839. The lowest BCUT2D eigenvalue weighted by molar-refractivity contribution is 0.0529. The Balaban J connectivity index is 2.28. The topological polar surface area (TPSA) is 62.7 Å². The van der Waals surface area contributed by atoms with Crippen LogP contribution in [0.1, 0.15) is 23.0 Å². The lowest BCUT2D eigenvalue weighted by Crippen LogP contribution is -2.41. The molecule has 1 N–H and O–H groups in total. The predicted octanol–water partition coefficient (Wildman–Crippen LogP) is 1.31. The zero-order valence-electron chi connectivity index (χ0n) is 10.0. The van der Waals surface area contributed by atoms with Crippen molar-refractivity contribution in [2.75, 3.05) is 24.6 Å². The maximum atomic E-state index is 11.0. The molecule has 1 aromatic heterocycles. The summed E-state index contributed by atoms with van der Waals surface area (Å²) in [6.45, 7) is 5.95. The maximum Gasteiger partial charge on any atom is 0.335 e. The van der Waals surface area contributed by atoms with Crippen LogP contribution in [-0.4, -0.2) is 41.9 Å². The van der Waals surface area contributed by atoms with E-state index in [1.165, 1.54) is 0 Å². The van der Waals surface area contributed by atoms with Gasteiger partial charge in [-0.05, 0) is 26.0 Å². The summed E-state index contributed by atoms with van der Waals surface area (Å²) >= 11 is 0. The SMILES string of the molecule is Cc1cc(C(=O)O)cc(N2CCOC(C)C2)n1. The van der Waals surface area contributed by atoms with Gasteiger partial charge in [-0.25, -0.2) is 9.78 Å². The molecule has 0 aliphatic carbocycles. The van der Waals surface area contributed by atoms with Gasteiger partial charge in [0.05, 0.1) is 18.3 Å². The van der Waals surface area contributed by atoms with Gasteiger partial charge in [0, 0.05) is 18.8 Å². The number of hydrogen-bond donors (Lipinski definition) is 1. The van der Waals surface area contributed by atoms with Crippen LogP contribution in [0, 0.1) is 6.92 Å². The number of aromatic nitrogens is 1. The number of carboxylic acids is 1. The van der Waals surface area contributed by atoms with Crippen LogP contribution in [-0.2, 0) is 4.74 Å². The third-order valence-corrected chi connectivity index (χ3v) is 2.75. The first-order chi connectivity index (χ1) is 8.06. The van der Waals surface area contributed by atoms with Crippen molar-refractivity contribution in [1.82, 2.24) is 4.98 Å². The average molecular weight is 236 g/mol. The molecule has 1 fully saturated rings. The Morgan fingerprint density at radius 1 is 1.59 bits per heavy atom. The molecule has 1 aliphatic rings. The van der Waals surface area contributed by atoms with E-state index in [0.717, 1.165) is 24.6 Å². The Bertz CT molecular complexity index is 434. The minimum absolute atomic E-state index is 0.152. The lowest BCUT2D eigenvalue weighted by Gasteiger charge is -2.32. The van der Waals surface area contributed by atoms with E-state index in [1.807, 2.05) is 6.92 Å². The summed E-state index contributed by atoms with van der Waals surface area (Å²) in [5.74, 6) is -0.199. The second-order valence-electron chi connectivity index (χ2n) is 4.29. The Labute approximate surface area is 100 Å². The van der Waals surface area contributed by atoms with E-state index in [2.05, 4.69) is 9.88 Å². The largest absolute Gasteiger partial charge is 0.478 e. The molecule has 17 heavy (non-hydrogen) atoms. The van der Waals surface area contributed by atoms with E-state index in [-0.39, 0.29) is 11.7 Å². The molecule has 5 heteroatoms. The summed E-state index contributed by atoms with van der Waals surface area (Å²) in [5.41, 5.74) is 1.01. The number of aromatic carboxylic acids is 1. The fraction of sp³-hybridized carbons (Fsp3) is 0.500. The summed E-state index contributed by atoms with van der Waals surface area (Å²) in [5, 5.41) is 9.01. The highest BCUT2D eigenvalue weighted by molar-refractivity contribution is 5.88. The highest BCUT2D eigenvalue weighted by Gasteiger charge is 2.19. The van der Waals surface area contributed by atoms with Crippen molar-refractivity contribution < 1.29 is 14.6 Å². The lowest BCUT2D eigenvalue weighted by atomic mass is 10.2. The number of ether oxygens (including phenoxy) is 1. The van der Waals surface area contributed by atoms with Gasteiger partial charge < -0.3 is 14.7 Å². The Hall–Kier alpha value is -1.62. The van der Waals surface area contributed by atoms with Gasteiger partial charge in [-0.2, -0.15) is 0 Å². The molecular formula is C12H16N2O3. The molecule has 2 rings (SSSR count). The molecule has 1 aromatic rings. The fourth-order valence-electron chi connectivity index (χ4n) is 1.96. The molecule has 2 heterocycles. The average Bonchev–Trinajstić information content (AvgIpc) is 2.28. The zero-order valence-corrected chi connectivity index (χ0v) is 10.0. The predicted molar refractivity (Wildman–Crippen MR) is 63.6 cm³/mol. The van der Waals surface area contributed by atoms with Crippen LogP contribution >= 0.6 is 0 Å². The van der Waals surface area contributed by atoms with Gasteiger partial charge >= 0.3 is 5.97 Å². The van der Waals surface area contributed by atoms with Gasteiger partial charge in [0.1, 0.15) is 5.82 Å². The van der Waals surface area contributed by atoms with Gasteiger partial charge in [-0.1, -0.05) is 0 Å². The van der Waals surface area contributed by atoms with Crippen LogP contribution in [0.4, 0.5) is 5.82 Å². The van der Waals surface area contributed by atoms with Crippen LogP contribution < -0.4 is 4.90 Å². The molecule has 5 nitrogen and oxygen atoms in total. The Morgan fingerprint density at radius 2 is 2.35 bits per heavy atom. The number of nitrogens with zero attached hydrogens (tertiary/aromatic N) is 2. The monoisotopic (exact) mass is 236 g/mol. The smallest absolute Gasteiger partial charge is 0.335 e. The van der Waals surface area contributed by atoms with E-state index in [0.29, 0.717) is 6.61 Å². The summed E-state index contributed by atoms with van der Waals surface area (Å²) in [6.07, 6.45) is 0.152. The number of rotatable bonds is 2. The first-order valence-electron chi connectivity index (χ1n) is 5.65. The summed E-state index contributed by atoms with van der Waals surface area (Å²) in [4.78, 5) is 17.4. The first kappa shape index (κ1) is 11.9. The fourth-order valence-corrected chi connectivity index (χ4v) is 1.96. The molecule has 0 spiro atoms. The number of morpholine rings is 1. The normalized spacial score (nSPS) is 20.4. The number of carboxylic acid groups (broad SMARTS) is 1. The molecule has 1 atom stereocenters. The van der Waals surface area contributed by atoms with Crippen molar-refractivity contribution in [3.8, 4) is 0 Å². The van der Waals surface area contributed by atoms with E-state index in [1.54, 1.807) is 19.1 Å². The van der Waals surface area contributed by atoms with Crippen LogP contribution in [0.3, 0.4) is 0 Å². The van der Waals surface area contributed by atoms with Crippen LogP contribution in [0.25, 0.3) is 0 Å². The molecule has 0 radical (unpaired) electrons. The van der Waals surface area contributed by atoms with E-state index >= 15 is 0 Å². The molecule has 1 aliphatic heterocycles. The van der Waals surface area contributed by atoms with Crippen molar-refractivity contribution in [1.29, 1.82) is 0 Å². The minimum Gasteiger partial charge on any atom is -0.478 e. The Kier molecular flexibility index (Phi) is 3.28. The summed E-state index contributed by atoms with van der Waals surface area (Å²) < 4.78 is 5.45. The number of aryl methyl sites for hydroxylation is 1. The highest BCUT2D eigenvalue weighted by Crippen LogP contribution is 2.18. The maximum absolute atomic E-state index is 11.0. The summed E-state index contributed by atoms with van der Waals surface area (Å²) in [6, 6.07) is 3.20. The zero-order chi connectivity index (χ0) is 12.4. The van der Waals surface area contributed by atoms with Gasteiger partial charge in [0.2, 0.25) is 0 Å².